The van der Waals surface area contributed by atoms with Crippen molar-refractivity contribution in [2.75, 3.05) is 30.4 Å². The van der Waals surface area contributed by atoms with Crippen molar-refractivity contribution >= 4 is 21.6 Å². The number of nitrogens with zero attached hydrogens (tertiary/aromatic N) is 1. The number of rotatable bonds is 13. The second-order valence-electron chi connectivity index (χ2n) is 9.45. The molecule has 4 rings (SSSR count). The van der Waals surface area contributed by atoms with Gasteiger partial charge < -0.3 is 25.2 Å². The topological polar surface area (TPSA) is 117 Å². The Balaban J connectivity index is 1.45. The maximum atomic E-state index is 13.3. The van der Waals surface area contributed by atoms with E-state index >= 15 is 0 Å². The summed E-state index contributed by atoms with van der Waals surface area (Å²) in [5.41, 5.74) is 2.59. The van der Waals surface area contributed by atoms with Gasteiger partial charge in [-0.05, 0) is 42.7 Å². The van der Waals surface area contributed by atoms with Crippen LogP contribution in [0.4, 0.5) is 5.69 Å². The Labute approximate surface area is 229 Å². The van der Waals surface area contributed by atoms with Gasteiger partial charge in [-0.2, -0.15) is 0 Å². The first kappa shape index (κ1) is 28.4. The Morgan fingerprint density at radius 3 is 2.59 bits per heavy atom. The van der Waals surface area contributed by atoms with Crippen LogP contribution in [0.25, 0.3) is 0 Å². The monoisotopic (exact) mass is 553 g/mol. The van der Waals surface area contributed by atoms with Gasteiger partial charge in [0, 0.05) is 31.3 Å². The molecule has 1 aliphatic rings. The predicted octanol–water partition coefficient (Wildman–Crippen LogP) is 3.08. The van der Waals surface area contributed by atoms with Crippen LogP contribution in [0, 0.1) is 0 Å². The Bertz CT molecular complexity index is 1370. The molecule has 2 unspecified atom stereocenters. The van der Waals surface area contributed by atoms with Crippen LogP contribution in [-0.2, 0) is 23.0 Å². The Kier molecular flexibility index (Phi) is 9.45. The summed E-state index contributed by atoms with van der Waals surface area (Å²) in [4.78, 5) is 13.3. The number of benzene rings is 3. The van der Waals surface area contributed by atoms with Crippen LogP contribution < -0.4 is 24.4 Å². The van der Waals surface area contributed by atoms with Crippen molar-refractivity contribution in [3.8, 4) is 11.5 Å². The average Bonchev–Trinajstić information content (AvgIpc) is 3.43. The van der Waals surface area contributed by atoms with Crippen molar-refractivity contribution < 1.29 is 27.8 Å². The molecule has 0 spiro atoms. The average molecular weight is 554 g/mol. The number of carbonyl (C=O) groups excluding carboxylic acids is 1. The van der Waals surface area contributed by atoms with E-state index in [0.717, 1.165) is 11.1 Å². The van der Waals surface area contributed by atoms with E-state index in [1.165, 1.54) is 11.4 Å². The quantitative estimate of drug-likeness (QED) is 0.298. The zero-order valence-electron chi connectivity index (χ0n) is 22.2. The van der Waals surface area contributed by atoms with Crippen LogP contribution in [0.2, 0.25) is 0 Å². The highest BCUT2D eigenvalue weighted by Gasteiger charge is 2.24. The number of nitrogens with one attached hydrogen (secondary N) is 2. The molecule has 0 saturated carbocycles. The highest BCUT2D eigenvalue weighted by Crippen LogP contribution is 2.35. The molecule has 1 heterocycles. The molecule has 0 fully saturated rings. The minimum absolute atomic E-state index is 0.0171. The fourth-order valence-electron chi connectivity index (χ4n) is 4.43. The highest BCUT2D eigenvalue weighted by molar-refractivity contribution is 7.92. The summed E-state index contributed by atoms with van der Waals surface area (Å²) in [7, 11) is -2.00. The summed E-state index contributed by atoms with van der Waals surface area (Å²) in [6, 6.07) is 21.2. The standard InChI is InChI=1S/C29H35N3O6S/c1-3-15-39(35,36)32(2)24-13-7-11-22(17-24)29(34)31-25(16-21-9-5-4-6-10-21)26(33)19-30-18-23-12-8-14-27-28(23)38-20-37-27/h4-14,17,25-26,30,33H,3,15-16,18-20H2,1-2H3,(H,31,34). The van der Waals surface area contributed by atoms with Gasteiger partial charge in [-0.15, -0.1) is 0 Å². The lowest BCUT2D eigenvalue weighted by molar-refractivity contribution is 0.0830. The summed E-state index contributed by atoms with van der Waals surface area (Å²) in [5.74, 6) is 1.01. The van der Waals surface area contributed by atoms with Crippen LogP contribution in [-0.4, -0.2) is 57.7 Å². The molecule has 1 amide bonds. The third-order valence-electron chi connectivity index (χ3n) is 6.58. The maximum Gasteiger partial charge on any atom is 0.251 e. The van der Waals surface area contributed by atoms with Gasteiger partial charge in [0.25, 0.3) is 5.91 Å². The molecule has 208 valence electrons. The molecule has 0 aromatic heterocycles. The van der Waals surface area contributed by atoms with E-state index in [0.29, 0.717) is 42.1 Å². The van der Waals surface area contributed by atoms with Gasteiger partial charge in [0.1, 0.15) is 0 Å². The van der Waals surface area contributed by atoms with Gasteiger partial charge >= 0.3 is 0 Å². The molecule has 2 atom stereocenters. The molecule has 39 heavy (non-hydrogen) atoms. The maximum absolute atomic E-state index is 13.3. The summed E-state index contributed by atoms with van der Waals surface area (Å²) >= 11 is 0. The first-order chi connectivity index (χ1) is 18.8. The number of para-hydroxylation sites is 1. The predicted molar refractivity (Wildman–Crippen MR) is 151 cm³/mol. The molecule has 1 aliphatic heterocycles. The van der Waals surface area contributed by atoms with E-state index in [9.17, 15) is 18.3 Å². The van der Waals surface area contributed by atoms with Gasteiger partial charge in [-0.25, -0.2) is 8.42 Å². The molecular formula is C29H35N3O6S. The van der Waals surface area contributed by atoms with Crippen LogP contribution in [0.15, 0.2) is 72.8 Å². The van der Waals surface area contributed by atoms with Gasteiger partial charge in [0.15, 0.2) is 11.5 Å². The lowest BCUT2D eigenvalue weighted by Gasteiger charge is -2.25. The Hall–Kier alpha value is -3.60. The molecule has 10 heteroatoms. The van der Waals surface area contributed by atoms with Crippen LogP contribution >= 0.6 is 0 Å². The van der Waals surface area contributed by atoms with Gasteiger partial charge in [-0.1, -0.05) is 55.5 Å². The van der Waals surface area contributed by atoms with E-state index < -0.39 is 28.1 Å². The van der Waals surface area contributed by atoms with Gasteiger partial charge in [0.05, 0.1) is 23.6 Å². The van der Waals surface area contributed by atoms with Gasteiger partial charge in [0.2, 0.25) is 16.8 Å². The SMILES string of the molecule is CCCS(=O)(=O)N(C)c1cccc(C(=O)NC(Cc2ccccc2)C(O)CNCc2cccc3c2OCO3)c1. The lowest BCUT2D eigenvalue weighted by atomic mass is 10.00. The molecule has 3 N–H and O–H groups in total. The number of hydrogen-bond acceptors (Lipinski definition) is 7. The minimum atomic E-state index is -3.48. The number of ether oxygens (including phenoxy) is 2. The summed E-state index contributed by atoms with van der Waals surface area (Å²) in [5, 5.41) is 17.3. The summed E-state index contributed by atoms with van der Waals surface area (Å²) in [6.07, 6.45) is 0.00399. The van der Waals surface area contributed by atoms with E-state index in [2.05, 4.69) is 10.6 Å². The number of anilines is 1. The first-order valence-corrected chi connectivity index (χ1v) is 14.6. The summed E-state index contributed by atoms with van der Waals surface area (Å²) in [6.45, 7) is 2.66. The smallest absolute Gasteiger partial charge is 0.251 e. The lowest BCUT2D eigenvalue weighted by Crippen LogP contribution is -2.48. The second kappa shape index (κ2) is 13.0. The zero-order chi connectivity index (χ0) is 27.8. The molecule has 0 radical (unpaired) electrons. The number of aliphatic hydroxyl groups is 1. The molecule has 3 aromatic carbocycles. The minimum Gasteiger partial charge on any atom is -0.454 e. The Morgan fingerprint density at radius 1 is 1.05 bits per heavy atom. The third kappa shape index (κ3) is 7.29. The van der Waals surface area contributed by atoms with Crippen molar-refractivity contribution in [3.05, 3.63) is 89.5 Å². The molecule has 9 nitrogen and oxygen atoms in total. The van der Waals surface area contributed by atoms with E-state index in [1.807, 2.05) is 48.5 Å². The number of fused-ring (bicyclic) bond motifs is 1. The Morgan fingerprint density at radius 2 is 1.82 bits per heavy atom. The van der Waals surface area contributed by atoms with E-state index in [-0.39, 0.29) is 19.1 Å². The number of sulfonamides is 1. The first-order valence-electron chi connectivity index (χ1n) is 13.0. The third-order valence-corrected chi connectivity index (χ3v) is 8.55. The molecule has 0 saturated heterocycles. The van der Waals surface area contributed by atoms with Crippen LogP contribution in [0.1, 0.15) is 34.8 Å². The van der Waals surface area contributed by atoms with Crippen molar-refractivity contribution in [1.29, 1.82) is 0 Å². The largest absolute Gasteiger partial charge is 0.454 e. The molecule has 3 aromatic rings. The summed E-state index contributed by atoms with van der Waals surface area (Å²) < 4.78 is 37.2. The zero-order valence-corrected chi connectivity index (χ0v) is 23.0. The highest BCUT2D eigenvalue weighted by atomic mass is 32.2. The fraction of sp³-hybridized carbons (Fsp3) is 0.345. The van der Waals surface area contributed by atoms with Crippen molar-refractivity contribution in [3.63, 3.8) is 0 Å². The van der Waals surface area contributed by atoms with Crippen LogP contribution in [0.3, 0.4) is 0 Å². The second-order valence-corrected chi connectivity index (χ2v) is 11.6. The van der Waals surface area contributed by atoms with Crippen molar-refractivity contribution in [2.24, 2.45) is 0 Å². The van der Waals surface area contributed by atoms with Crippen molar-refractivity contribution in [1.82, 2.24) is 10.6 Å². The number of carbonyl (C=O) groups is 1. The molecular weight excluding hydrogens is 518 g/mol. The molecule has 0 bridgehead atoms. The van der Waals surface area contributed by atoms with Crippen molar-refractivity contribution in [2.45, 2.75) is 38.5 Å². The fourth-order valence-corrected chi connectivity index (χ4v) is 5.65. The number of aliphatic hydroxyl groups excluding tert-OH is 1. The van der Waals surface area contributed by atoms with Crippen LogP contribution in [0.5, 0.6) is 11.5 Å². The molecule has 0 aliphatic carbocycles. The number of hydrogen-bond donors (Lipinski definition) is 3. The number of amides is 1. The van der Waals surface area contributed by atoms with E-state index in [1.54, 1.807) is 31.2 Å². The van der Waals surface area contributed by atoms with E-state index in [4.69, 9.17) is 9.47 Å². The van der Waals surface area contributed by atoms with Gasteiger partial charge in [-0.3, -0.25) is 9.10 Å². The normalized spacial score (nSPS) is 14.0.